The van der Waals surface area contributed by atoms with Crippen LogP contribution in [0.15, 0.2) is 36.7 Å². The predicted molar refractivity (Wildman–Crippen MR) is 90.3 cm³/mol. The van der Waals surface area contributed by atoms with E-state index in [1.54, 1.807) is 30.3 Å². The molecule has 0 aliphatic carbocycles. The highest BCUT2D eigenvalue weighted by molar-refractivity contribution is 5.85. The minimum Gasteiger partial charge on any atom is -0.357 e. The van der Waals surface area contributed by atoms with Crippen LogP contribution in [0.1, 0.15) is 29.7 Å². The molecule has 0 saturated carbocycles. The fourth-order valence-corrected chi connectivity index (χ4v) is 3.01. The summed E-state index contributed by atoms with van der Waals surface area (Å²) in [5.74, 6) is 0.376. The quantitative estimate of drug-likeness (QED) is 0.903. The van der Waals surface area contributed by atoms with Crippen LogP contribution in [0.4, 0.5) is 19.0 Å². The normalized spacial score (nSPS) is 18.1. The maximum atomic E-state index is 12.9. The molecule has 26 heavy (non-hydrogen) atoms. The first kappa shape index (κ1) is 18.2. The summed E-state index contributed by atoms with van der Waals surface area (Å²) in [7, 11) is 0. The predicted octanol–water partition coefficient (Wildman–Crippen LogP) is 3.41. The van der Waals surface area contributed by atoms with Gasteiger partial charge in [0.05, 0.1) is 17.5 Å². The van der Waals surface area contributed by atoms with Crippen molar-refractivity contribution in [1.29, 1.82) is 0 Å². The number of alkyl halides is 3. The van der Waals surface area contributed by atoms with Crippen LogP contribution >= 0.6 is 0 Å². The molecule has 1 unspecified atom stereocenters. The lowest BCUT2D eigenvalue weighted by atomic mass is 10.0. The number of anilines is 1. The summed E-state index contributed by atoms with van der Waals surface area (Å²) in [5, 5.41) is 3.08. The minimum absolute atomic E-state index is 0.142. The van der Waals surface area contributed by atoms with Gasteiger partial charge in [-0.15, -0.1) is 0 Å². The third kappa shape index (κ3) is 4.30. The second kappa shape index (κ2) is 7.31. The maximum absolute atomic E-state index is 12.9. The number of hydrogen-bond donors (Lipinski definition) is 1. The average molecular weight is 364 g/mol. The zero-order chi connectivity index (χ0) is 18.7. The Hall–Kier alpha value is -2.64. The van der Waals surface area contributed by atoms with Crippen molar-refractivity contribution in [1.82, 2.24) is 14.9 Å². The van der Waals surface area contributed by atoms with Crippen LogP contribution in [-0.2, 0) is 17.5 Å². The van der Waals surface area contributed by atoms with Gasteiger partial charge in [-0.2, -0.15) is 13.2 Å². The van der Waals surface area contributed by atoms with Crippen LogP contribution in [0.3, 0.4) is 0 Å². The number of hydrogen-bond acceptors (Lipinski definition) is 4. The number of amides is 1. The molecule has 8 heteroatoms. The van der Waals surface area contributed by atoms with Gasteiger partial charge in [-0.05, 0) is 37.5 Å². The van der Waals surface area contributed by atoms with Gasteiger partial charge in [-0.1, -0.05) is 12.1 Å². The van der Waals surface area contributed by atoms with Gasteiger partial charge in [-0.3, -0.25) is 9.78 Å². The molecule has 1 amide bonds. The number of piperidine rings is 1. The van der Waals surface area contributed by atoms with Gasteiger partial charge in [0.15, 0.2) is 0 Å². The molecule has 1 N–H and O–H groups in total. The molecule has 3 rings (SSSR count). The van der Waals surface area contributed by atoms with Crippen molar-refractivity contribution in [2.75, 3.05) is 11.9 Å². The summed E-state index contributed by atoms with van der Waals surface area (Å²) in [6.45, 7) is 2.48. The Balaban J connectivity index is 1.70. The molecule has 5 nitrogen and oxygen atoms in total. The zero-order valence-electron chi connectivity index (χ0n) is 14.3. The third-order valence-corrected chi connectivity index (χ3v) is 4.24. The third-order valence-electron chi connectivity index (χ3n) is 4.24. The van der Waals surface area contributed by atoms with E-state index < -0.39 is 17.8 Å². The molecule has 0 spiro atoms. The first-order valence-corrected chi connectivity index (χ1v) is 8.33. The lowest BCUT2D eigenvalue weighted by Crippen LogP contribution is -2.47. The van der Waals surface area contributed by atoms with E-state index >= 15 is 0 Å². The minimum atomic E-state index is -4.39. The van der Waals surface area contributed by atoms with E-state index in [1.807, 2.05) is 0 Å². The Morgan fingerprint density at radius 1 is 1.31 bits per heavy atom. The first-order valence-electron chi connectivity index (χ1n) is 8.33. The molecule has 1 fully saturated rings. The second-order valence-corrected chi connectivity index (χ2v) is 6.34. The van der Waals surface area contributed by atoms with Gasteiger partial charge < -0.3 is 10.2 Å². The molecular weight excluding hydrogens is 345 g/mol. The number of nitrogens with one attached hydrogen (secondary N) is 1. The van der Waals surface area contributed by atoms with Crippen molar-refractivity contribution in [3.8, 4) is 0 Å². The van der Waals surface area contributed by atoms with Crippen molar-refractivity contribution < 1.29 is 18.0 Å². The molecule has 1 saturated heterocycles. The van der Waals surface area contributed by atoms with Crippen molar-refractivity contribution in [3.05, 3.63) is 53.5 Å². The summed E-state index contributed by atoms with van der Waals surface area (Å²) in [6, 6.07) is 4.64. The number of benzene rings is 1. The van der Waals surface area contributed by atoms with E-state index in [2.05, 4.69) is 15.3 Å². The molecular formula is C18H19F3N4O. The Kier molecular flexibility index (Phi) is 5.11. The fraction of sp³-hybridized carbons (Fsp3) is 0.389. The van der Waals surface area contributed by atoms with Gasteiger partial charge in [0.1, 0.15) is 11.9 Å². The van der Waals surface area contributed by atoms with Crippen molar-refractivity contribution >= 4 is 11.7 Å². The summed E-state index contributed by atoms with van der Waals surface area (Å²) < 4.78 is 38.6. The van der Waals surface area contributed by atoms with E-state index in [4.69, 9.17) is 0 Å². The monoisotopic (exact) mass is 364 g/mol. The van der Waals surface area contributed by atoms with Crippen molar-refractivity contribution in [2.45, 2.75) is 38.5 Å². The average Bonchev–Trinajstić information content (AvgIpc) is 2.58. The van der Waals surface area contributed by atoms with Crippen LogP contribution in [0.25, 0.3) is 0 Å². The number of aryl methyl sites for hydroxylation is 1. The Morgan fingerprint density at radius 2 is 2.12 bits per heavy atom. The Morgan fingerprint density at radius 3 is 2.85 bits per heavy atom. The molecule has 1 atom stereocenters. The summed E-state index contributed by atoms with van der Waals surface area (Å²) in [4.78, 5) is 22.6. The molecule has 138 valence electrons. The first-order chi connectivity index (χ1) is 12.3. The van der Waals surface area contributed by atoms with E-state index in [9.17, 15) is 18.0 Å². The van der Waals surface area contributed by atoms with Crippen LogP contribution in [0.5, 0.6) is 0 Å². The van der Waals surface area contributed by atoms with Gasteiger partial charge >= 0.3 is 6.18 Å². The molecule has 1 aliphatic heterocycles. The lowest BCUT2D eigenvalue weighted by Gasteiger charge is -2.33. The largest absolute Gasteiger partial charge is 0.416 e. The highest BCUT2D eigenvalue weighted by Gasteiger charge is 2.32. The molecule has 1 aromatic heterocycles. The van der Waals surface area contributed by atoms with E-state index in [-0.39, 0.29) is 12.5 Å². The fourth-order valence-electron chi connectivity index (χ4n) is 3.01. The molecule has 0 radical (unpaired) electrons. The van der Waals surface area contributed by atoms with Crippen LogP contribution in [0, 0.1) is 6.92 Å². The second-order valence-electron chi connectivity index (χ2n) is 6.34. The smallest absolute Gasteiger partial charge is 0.357 e. The highest BCUT2D eigenvalue weighted by atomic mass is 19.4. The number of aromatic nitrogens is 2. The Bertz CT molecular complexity index is 794. The topological polar surface area (TPSA) is 58.1 Å². The van der Waals surface area contributed by atoms with Crippen molar-refractivity contribution in [2.24, 2.45) is 0 Å². The number of likely N-dealkylation sites (tertiary alicyclic amines) is 1. The molecule has 1 aliphatic rings. The SMILES string of the molecule is Cc1cncc(NC2CCCN(Cc3cccc(C(F)(F)F)c3)C2=O)n1. The lowest BCUT2D eigenvalue weighted by molar-refractivity contribution is -0.137. The molecule has 1 aromatic carbocycles. The number of nitrogens with zero attached hydrogens (tertiary/aromatic N) is 3. The van der Waals surface area contributed by atoms with Crippen LogP contribution in [-0.4, -0.2) is 33.4 Å². The van der Waals surface area contributed by atoms with Crippen molar-refractivity contribution in [3.63, 3.8) is 0 Å². The number of carbonyl (C=O) groups is 1. The number of rotatable bonds is 4. The highest BCUT2D eigenvalue weighted by Crippen LogP contribution is 2.30. The summed E-state index contributed by atoms with van der Waals surface area (Å²) in [5.41, 5.74) is 0.493. The number of carbonyl (C=O) groups excluding carboxylic acids is 1. The number of halogens is 3. The van der Waals surface area contributed by atoms with Gasteiger partial charge in [-0.25, -0.2) is 4.98 Å². The standard InChI is InChI=1S/C18H19F3N4O/c1-12-9-22-10-16(23-12)24-15-6-3-7-25(17(15)26)11-13-4-2-5-14(8-13)18(19,20)21/h2,4-5,8-10,15H,3,6-7,11H2,1H3,(H,23,24). The zero-order valence-corrected chi connectivity index (χ0v) is 14.3. The molecule has 2 aromatic rings. The summed E-state index contributed by atoms with van der Waals surface area (Å²) >= 11 is 0. The van der Waals surface area contributed by atoms with E-state index in [0.717, 1.165) is 24.2 Å². The van der Waals surface area contributed by atoms with Gasteiger partial charge in [0, 0.05) is 19.3 Å². The van der Waals surface area contributed by atoms with Gasteiger partial charge in [0.2, 0.25) is 5.91 Å². The van der Waals surface area contributed by atoms with E-state index in [1.165, 1.54) is 6.07 Å². The van der Waals surface area contributed by atoms with Crippen LogP contribution in [0.2, 0.25) is 0 Å². The van der Waals surface area contributed by atoms with Gasteiger partial charge in [0.25, 0.3) is 0 Å². The molecule has 2 heterocycles. The molecule has 0 bridgehead atoms. The van der Waals surface area contributed by atoms with Crippen LogP contribution < -0.4 is 5.32 Å². The maximum Gasteiger partial charge on any atom is 0.416 e. The Labute approximate surface area is 149 Å². The van der Waals surface area contributed by atoms with E-state index in [0.29, 0.717) is 24.3 Å². The summed E-state index contributed by atoms with van der Waals surface area (Å²) in [6.07, 6.45) is 0.185.